The highest BCUT2D eigenvalue weighted by atomic mass is 16.5. The molecule has 0 atom stereocenters. The SMILES string of the molecule is CNC(=O)CC1c2ccccc2Oc2ccccc21. The summed E-state index contributed by atoms with van der Waals surface area (Å²) in [5.74, 6) is 1.78. The minimum atomic E-state index is 0.0384. The van der Waals surface area contributed by atoms with Gasteiger partial charge in [-0.15, -0.1) is 0 Å². The van der Waals surface area contributed by atoms with Gasteiger partial charge in [-0.25, -0.2) is 0 Å². The van der Waals surface area contributed by atoms with Gasteiger partial charge in [0.2, 0.25) is 5.91 Å². The molecule has 19 heavy (non-hydrogen) atoms. The van der Waals surface area contributed by atoms with E-state index >= 15 is 0 Å². The van der Waals surface area contributed by atoms with Crippen molar-refractivity contribution in [2.24, 2.45) is 0 Å². The Morgan fingerprint density at radius 1 is 1.05 bits per heavy atom. The van der Waals surface area contributed by atoms with Crippen molar-refractivity contribution < 1.29 is 9.53 Å². The third-order valence-electron chi connectivity index (χ3n) is 3.48. The van der Waals surface area contributed by atoms with Crippen LogP contribution < -0.4 is 10.1 Å². The zero-order valence-electron chi connectivity index (χ0n) is 10.7. The molecule has 2 aromatic rings. The molecule has 0 spiro atoms. The van der Waals surface area contributed by atoms with Crippen molar-refractivity contribution in [1.29, 1.82) is 0 Å². The maximum absolute atomic E-state index is 11.7. The smallest absolute Gasteiger partial charge is 0.220 e. The minimum Gasteiger partial charge on any atom is -0.457 e. The van der Waals surface area contributed by atoms with Gasteiger partial charge in [0.25, 0.3) is 0 Å². The molecule has 1 heterocycles. The van der Waals surface area contributed by atoms with E-state index in [1.54, 1.807) is 7.05 Å². The van der Waals surface area contributed by atoms with E-state index in [9.17, 15) is 4.79 Å². The quantitative estimate of drug-likeness (QED) is 0.893. The zero-order chi connectivity index (χ0) is 13.2. The predicted molar refractivity (Wildman–Crippen MR) is 73.5 cm³/mol. The lowest BCUT2D eigenvalue weighted by Gasteiger charge is -2.27. The van der Waals surface area contributed by atoms with Gasteiger partial charge < -0.3 is 10.1 Å². The molecule has 0 radical (unpaired) electrons. The Morgan fingerprint density at radius 3 is 2.11 bits per heavy atom. The van der Waals surface area contributed by atoms with Gasteiger partial charge in [-0.3, -0.25) is 4.79 Å². The number of hydrogen-bond acceptors (Lipinski definition) is 2. The molecule has 96 valence electrons. The fraction of sp³-hybridized carbons (Fsp3) is 0.188. The van der Waals surface area contributed by atoms with E-state index in [1.807, 2.05) is 48.5 Å². The highest BCUT2D eigenvalue weighted by Gasteiger charge is 2.28. The van der Waals surface area contributed by atoms with Crippen molar-refractivity contribution in [3.63, 3.8) is 0 Å². The summed E-state index contributed by atoms with van der Waals surface area (Å²) in [5, 5.41) is 2.69. The van der Waals surface area contributed by atoms with E-state index in [0.29, 0.717) is 6.42 Å². The van der Waals surface area contributed by atoms with Gasteiger partial charge >= 0.3 is 0 Å². The third kappa shape index (κ3) is 2.08. The largest absolute Gasteiger partial charge is 0.457 e. The van der Waals surface area contributed by atoms with Crippen LogP contribution in [0.5, 0.6) is 11.5 Å². The summed E-state index contributed by atoms with van der Waals surface area (Å²) in [6, 6.07) is 15.8. The number of hydrogen-bond donors (Lipinski definition) is 1. The highest BCUT2D eigenvalue weighted by molar-refractivity contribution is 5.78. The summed E-state index contributed by atoms with van der Waals surface area (Å²) in [6.45, 7) is 0. The number of fused-ring (bicyclic) bond motifs is 2. The summed E-state index contributed by atoms with van der Waals surface area (Å²) in [7, 11) is 1.67. The summed E-state index contributed by atoms with van der Waals surface area (Å²) >= 11 is 0. The summed E-state index contributed by atoms with van der Waals surface area (Å²) in [4.78, 5) is 11.7. The Labute approximate surface area is 112 Å². The van der Waals surface area contributed by atoms with Crippen LogP contribution in [0.2, 0.25) is 0 Å². The standard InChI is InChI=1S/C16H15NO2/c1-17-16(18)10-13-11-6-2-4-8-14(11)19-15-9-5-3-7-12(13)15/h2-9,13H,10H2,1H3,(H,17,18). The Morgan fingerprint density at radius 2 is 1.58 bits per heavy atom. The number of ether oxygens (including phenoxy) is 1. The second-order valence-corrected chi connectivity index (χ2v) is 4.61. The lowest BCUT2D eigenvalue weighted by molar-refractivity contribution is -0.120. The van der Waals surface area contributed by atoms with Crippen molar-refractivity contribution in [2.45, 2.75) is 12.3 Å². The lowest BCUT2D eigenvalue weighted by Crippen LogP contribution is -2.22. The van der Waals surface area contributed by atoms with E-state index in [0.717, 1.165) is 22.6 Å². The lowest BCUT2D eigenvalue weighted by atomic mass is 9.85. The molecule has 0 saturated carbocycles. The van der Waals surface area contributed by atoms with Crippen LogP contribution in [-0.2, 0) is 4.79 Å². The number of rotatable bonds is 2. The fourth-order valence-corrected chi connectivity index (χ4v) is 2.52. The molecule has 1 aliphatic rings. The Balaban J connectivity index is 2.08. The molecule has 1 aliphatic heterocycles. The van der Waals surface area contributed by atoms with Crippen LogP contribution in [0.1, 0.15) is 23.5 Å². The zero-order valence-corrected chi connectivity index (χ0v) is 10.7. The van der Waals surface area contributed by atoms with Crippen LogP contribution in [0.4, 0.5) is 0 Å². The third-order valence-corrected chi connectivity index (χ3v) is 3.48. The average molecular weight is 253 g/mol. The van der Waals surface area contributed by atoms with Crippen molar-refractivity contribution in [3.05, 3.63) is 59.7 Å². The van der Waals surface area contributed by atoms with Crippen molar-refractivity contribution >= 4 is 5.91 Å². The van der Waals surface area contributed by atoms with E-state index in [-0.39, 0.29) is 11.8 Å². The van der Waals surface area contributed by atoms with E-state index in [2.05, 4.69) is 5.32 Å². The molecule has 3 rings (SSSR count). The maximum Gasteiger partial charge on any atom is 0.220 e. The first-order valence-corrected chi connectivity index (χ1v) is 6.36. The second kappa shape index (κ2) is 4.76. The predicted octanol–water partition coefficient (Wildman–Crippen LogP) is 3.06. The molecule has 2 aromatic carbocycles. The van der Waals surface area contributed by atoms with Crippen molar-refractivity contribution in [2.75, 3.05) is 7.05 Å². The van der Waals surface area contributed by atoms with Crippen molar-refractivity contribution in [1.82, 2.24) is 5.32 Å². The van der Waals surface area contributed by atoms with Crippen LogP contribution in [0, 0.1) is 0 Å². The highest BCUT2D eigenvalue weighted by Crippen LogP contribution is 2.45. The van der Waals surface area contributed by atoms with Crippen LogP contribution in [0.15, 0.2) is 48.5 Å². The first kappa shape index (κ1) is 11.8. The van der Waals surface area contributed by atoms with E-state index in [1.165, 1.54) is 0 Å². The molecule has 0 aromatic heterocycles. The Hall–Kier alpha value is -2.29. The van der Waals surface area contributed by atoms with Gasteiger partial charge in [-0.05, 0) is 12.1 Å². The van der Waals surface area contributed by atoms with Gasteiger partial charge in [-0.2, -0.15) is 0 Å². The molecular weight excluding hydrogens is 238 g/mol. The van der Waals surface area contributed by atoms with Gasteiger partial charge in [0.15, 0.2) is 0 Å². The van der Waals surface area contributed by atoms with Gasteiger partial charge in [0.1, 0.15) is 11.5 Å². The Kier molecular flexibility index (Phi) is 2.95. The molecule has 0 bridgehead atoms. The first-order valence-electron chi connectivity index (χ1n) is 6.36. The summed E-state index contributed by atoms with van der Waals surface area (Å²) < 4.78 is 5.89. The summed E-state index contributed by atoms with van der Waals surface area (Å²) in [5.41, 5.74) is 2.15. The monoisotopic (exact) mass is 253 g/mol. The maximum atomic E-state index is 11.7. The molecule has 3 heteroatoms. The van der Waals surface area contributed by atoms with Crippen LogP contribution in [0.25, 0.3) is 0 Å². The molecule has 3 nitrogen and oxygen atoms in total. The molecule has 1 amide bonds. The Bertz CT molecular complexity index is 576. The van der Waals surface area contributed by atoms with Crippen LogP contribution in [-0.4, -0.2) is 13.0 Å². The minimum absolute atomic E-state index is 0.0384. The molecule has 0 unspecified atom stereocenters. The number of amides is 1. The second-order valence-electron chi connectivity index (χ2n) is 4.61. The number of nitrogens with one attached hydrogen (secondary N) is 1. The van der Waals surface area contributed by atoms with Gasteiger partial charge in [0.05, 0.1) is 0 Å². The van der Waals surface area contributed by atoms with Gasteiger partial charge in [0, 0.05) is 30.5 Å². The number of carbonyl (C=O) groups excluding carboxylic acids is 1. The summed E-state index contributed by atoms with van der Waals surface area (Å²) in [6.07, 6.45) is 0.438. The molecule has 0 saturated heterocycles. The number of para-hydroxylation sites is 2. The number of carbonyl (C=O) groups is 1. The molecule has 0 aliphatic carbocycles. The number of benzene rings is 2. The van der Waals surface area contributed by atoms with Gasteiger partial charge in [-0.1, -0.05) is 36.4 Å². The molecule has 0 fully saturated rings. The molecule has 1 N–H and O–H groups in total. The van der Waals surface area contributed by atoms with Crippen LogP contribution in [0.3, 0.4) is 0 Å². The topological polar surface area (TPSA) is 38.3 Å². The van der Waals surface area contributed by atoms with E-state index < -0.39 is 0 Å². The first-order chi connectivity index (χ1) is 9.29. The normalized spacial score (nSPS) is 13.1. The molecular formula is C16H15NO2. The van der Waals surface area contributed by atoms with E-state index in [4.69, 9.17) is 4.74 Å². The van der Waals surface area contributed by atoms with Crippen molar-refractivity contribution in [3.8, 4) is 11.5 Å². The van der Waals surface area contributed by atoms with Crippen LogP contribution >= 0.6 is 0 Å². The average Bonchev–Trinajstić information content (AvgIpc) is 2.46. The fourth-order valence-electron chi connectivity index (χ4n) is 2.52.